The standard InChI is InChI=1S/C10H19NO2/c1-8(2)9(3)6-7-10(12)11(4)13-5/h8H,3,6-7H2,1-2,4-5H3. The van der Waals surface area contributed by atoms with Crippen LogP contribution in [0.5, 0.6) is 0 Å². The van der Waals surface area contributed by atoms with E-state index in [4.69, 9.17) is 4.84 Å². The highest BCUT2D eigenvalue weighted by Gasteiger charge is 2.09. The average molecular weight is 185 g/mol. The summed E-state index contributed by atoms with van der Waals surface area (Å²) in [6.07, 6.45) is 1.21. The van der Waals surface area contributed by atoms with Gasteiger partial charge in [-0.2, -0.15) is 0 Å². The van der Waals surface area contributed by atoms with E-state index in [1.54, 1.807) is 7.05 Å². The van der Waals surface area contributed by atoms with Crippen molar-refractivity contribution in [2.24, 2.45) is 5.92 Å². The third kappa shape index (κ3) is 4.68. The number of rotatable bonds is 5. The monoisotopic (exact) mass is 185 g/mol. The van der Waals surface area contributed by atoms with E-state index in [2.05, 4.69) is 20.4 Å². The quantitative estimate of drug-likeness (QED) is 0.484. The molecule has 0 N–H and O–H groups in total. The lowest BCUT2D eigenvalue weighted by molar-refractivity contribution is -0.168. The maximum Gasteiger partial charge on any atom is 0.246 e. The summed E-state index contributed by atoms with van der Waals surface area (Å²) in [5.41, 5.74) is 1.11. The number of amides is 1. The molecule has 1 amide bonds. The lowest BCUT2D eigenvalue weighted by Gasteiger charge is -2.14. The molecule has 3 heteroatoms. The first-order valence-electron chi connectivity index (χ1n) is 4.47. The van der Waals surface area contributed by atoms with Crippen molar-refractivity contribution < 1.29 is 9.63 Å². The minimum absolute atomic E-state index is 0.00991. The van der Waals surface area contributed by atoms with Gasteiger partial charge in [0.15, 0.2) is 0 Å². The van der Waals surface area contributed by atoms with Crippen LogP contribution in [0.2, 0.25) is 0 Å². The summed E-state index contributed by atoms with van der Waals surface area (Å²) in [6.45, 7) is 8.05. The Morgan fingerprint density at radius 3 is 2.38 bits per heavy atom. The van der Waals surface area contributed by atoms with Crippen LogP contribution in [-0.4, -0.2) is 25.1 Å². The predicted molar refractivity (Wildman–Crippen MR) is 53.0 cm³/mol. The van der Waals surface area contributed by atoms with Crippen LogP contribution in [0.3, 0.4) is 0 Å². The van der Waals surface area contributed by atoms with Crippen LogP contribution in [0.4, 0.5) is 0 Å². The van der Waals surface area contributed by atoms with Crippen LogP contribution in [0.25, 0.3) is 0 Å². The van der Waals surface area contributed by atoms with E-state index >= 15 is 0 Å². The van der Waals surface area contributed by atoms with Crippen LogP contribution in [0.1, 0.15) is 26.7 Å². The van der Waals surface area contributed by atoms with Gasteiger partial charge < -0.3 is 0 Å². The van der Waals surface area contributed by atoms with Crippen LogP contribution in [-0.2, 0) is 9.63 Å². The second-order valence-corrected chi connectivity index (χ2v) is 3.39. The van der Waals surface area contributed by atoms with Crippen molar-refractivity contribution in [3.63, 3.8) is 0 Å². The molecule has 0 aromatic carbocycles. The molecule has 0 unspecified atom stereocenters. The number of carbonyl (C=O) groups is 1. The fourth-order valence-corrected chi connectivity index (χ4v) is 0.815. The molecule has 13 heavy (non-hydrogen) atoms. The van der Waals surface area contributed by atoms with Crippen molar-refractivity contribution in [2.45, 2.75) is 26.7 Å². The molecule has 0 atom stereocenters. The van der Waals surface area contributed by atoms with Gasteiger partial charge in [-0.25, -0.2) is 5.06 Å². The Morgan fingerprint density at radius 2 is 2.00 bits per heavy atom. The lowest BCUT2D eigenvalue weighted by atomic mass is 10.0. The summed E-state index contributed by atoms with van der Waals surface area (Å²) >= 11 is 0. The zero-order valence-electron chi connectivity index (χ0n) is 8.96. The molecule has 0 aromatic rings. The largest absolute Gasteiger partial charge is 0.275 e. The third-order valence-electron chi connectivity index (χ3n) is 2.10. The Kier molecular flexibility index (Phi) is 5.39. The Morgan fingerprint density at radius 1 is 1.46 bits per heavy atom. The first kappa shape index (κ1) is 12.2. The second-order valence-electron chi connectivity index (χ2n) is 3.39. The number of hydrogen-bond donors (Lipinski definition) is 0. The molecule has 0 radical (unpaired) electrons. The zero-order chi connectivity index (χ0) is 10.4. The predicted octanol–water partition coefficient (Wildman–Crippen LogP) is 2.00. The topological polar surface area (TPSA) is 29.5 Å². The van der Waals surface area contributed by atoms with Gasteiger partial charge in [-0.1, -0.05) is 26.0 Å². The van der Waals surface area contributed by atoms with E-state index in [1.165, 1.54) is 12.2 Å². The summed E-state index contributed by atoms with van der Waals surface area (Å²) in [4.78, 5) is 16.0. The average Bonchev–Trinajstić information content (AvgIpc) is 2.11. The van der Waals surface area contributed by atoms with Gasteiger partial charge in [0.1, 0.15) is 0 Å². The maximum absolute atomic E-state index is 11.3. The van der Waals surface area contributed by atoms with Crippen molar-refractivity contribution in [2.75, 3.05) is 14.2 Å². The van der Waals surface area contributed by atoms with Gasteiger partial charge in [-0.15, -0.1) is 0 Å². The van der Waals surface area contributed by atoms with Gasteiger partial charge in [0.05, 0.1) is 7.11 Å². The highest BCUT2D eigenvalue weighted by Crippen LogP contribution is 2.13. The van der Waals surface area contributed by atoms with Crippen molar-refractivity contribution in [1.82, 2.24) is 5.06 Å². The summed E-state index contributed by atoms with van der Waals surface area (Å²) in [5.74, 6) is 0.435. The number of allylic oxidation sites excluding steroid dienone is 1. The highest BCUT2D eigenvalue weighted by atomic mass is 16.7. The molecular weight excluding hydrogens is 166 g/mol. The lowest BCUT2D eigenvalue weighted by Crippen LogP contribution is -2.25. The van der Waals surface area contributed by atoms with Crippen molar-refractivity contribution in [3.05, 3.63) is 12.2 Å². The molecule has 0 saturated heterocycles. The fraction of sp³-hybridized carbons (Fsp3) is 0.700. The van der Waals surface area contributed by atoms with Gasteiger partial charge in [0.25, 0.3) is 0 Å². The van der Waals surface area contributed by atoms with Crippen LogP contribution < -0.4 is 0 Å². The smallest absolute Gasteiger partial charge is 0.246 e. The van der Waals surface area contributed by atoms with Crippen LogP contribution >= 0.6 is 0 Å². The molecule has 0 spiro atoms. The molecule has 0 saturated carbocycles. The van der Waals surface area contributed by atoms with Gasteiger partial charge in [0.2, 0.25) is 5.91 Å². The molecule has 0 aliphatic carbocycles. The number of carbonyl (C=O) groups excluding carboxylic acids is 1. The Labute approximate surface area is 80.3 Å². The second kappa shape index (κ2) is 5.75. The van der Waals surface area contributed by atoms with Crippen molar-refractivity contribution in [3.8, 4) is 0 Å². The molecule has 0 aromatic heterocycles. The summed E-state index contributed by atoms with van der Waals surface area (Å²) < 4.78 is 0. The highest BCUT2D eigenvalue weighted by molar-refractivity contribution is 5.74. The van der Waals surface area contributed by atoms with E-state index in [-0.39, 0.29) is 5.91 Å². The molecule has 0 rings (SSSR count). The SMILES string of the molecule is C=C(CCC(=O)N(C)OC)C(C)C. The van der Waals surface area contributed by atoms with E-state index in [0.717, 1.165) is 12.0 Å². The maximum atomic E-state index is 11.3. The number of hydrogen-bond acceptors (Lipinski definition) is 2. The third-order valence-corrected chi connectivity index (χ3v) is 2.10. The summed E-state index contributed by atoms with van der Waals surface area (Å²) in [5, 5.41) is 1.24. The fourth-order valence-electron chi connectivity index (χ4n) is 0.815. The van der Waals surface area contributed by atoms with E-state index in [1.807, 2.05) is 0 Å². The van der Waals surface area contributed by atoms with Gasteiger partial charge in [0, 0.05) is 13.5 Å². The van der Waals surface area contributed by atoms with Gasteiger partial charge >= 0.3 is 0 Å². The molecule has 0 aliphatic rings. The molecule has 0 aliphatic heterocycles. The first-order valence-corrected chi connectivity index (χ1v) is 4.47. The van der Waals surface area contributed by atoms with Gasteiger partial charge in [-0.3, -0.25) is 9.63 Å². The van der Waals surface area contributed by atoms with Crippen molar-refractivity contribution >= 4 is 5.91 Å². The molecule has 76 valence electrons. The van der Waals surface area contributed by atoms with Crippen LogP contribution in [0, 0.1) is 5.92 Å². The van der Waals surface area contributed by atoms with E-state index in [0.29, 0.717) is 12.3 Å². The number of hydroxylamine groups is 2. The minimum Gasteiger partial charge on any atom is -0.275 e. The minimum atomic E-state index is -0.00991. The molecule has 0 fully saturated rings. The summed E-state index contributed by atoms with van der Waals surface area (Å²) in [7, 11) is 3.09. The van der Waals surface area contributed by atoms with E-state index in [9.17, 15) is 4.79 Å². The van der Waals surface area contributed by atoms with Gasteiger partial charge in [-0.05, 0) is 12.3 Å². The number of nitrogens with zero attached hydrogens (tertiary/aromatic N) is 1. The molecular formula is C10H19NO2. The van der Waals surface area contributed by atoms with Crippen LogP contribution in [0.15, 0.2) is 12.2 Å². The molecule has 0 bridgehead atoms. The zero-order valence-corrected chi connectivity index (χ0v) is 8.96. The Hall–Kier alpha value is -0.830. The normalized spacial score (nSPS) is 10.2. The Bertz CT molecular complexity index is 187. The Balaban J connectivity index is 3.77. The van der Waals surface area contributed by atoms with E-state index < -0.39 is 0 Å². The first-order chi connectivity index (χ1) is 5.99. The van der Waals surface area contributed by atoms with Crippen molar-refractivity contribution in [1.29, 1.82) is 0 Å². The molecule has 0 heterocycles. The summed E-state index contributed by atoms with van der Waals surface area (Å²) in [6, 6.07) is 0. The molecule has 3 nitrogen and oxygen atoms in total.